The molecule has 0 aromatic carbocycles. The molecule has 1 N–H and O–H groups in total. The number of rotatable bonds is 3. The Morgan fingerprint density at radius 2 is 1.81 bits per heavy atom. The molecule has 136 valence electrons. The number of pyridine rings is 1. The maximum absolute atomic E-state index is 12.5. The van der Waals surface area contributed by atoms with Crippen molar-refractivity contribution < 1.29 is 24.1 Å². The van der Waals surface area contributed by atoms with Gasteiger partial charge in [-0.05, 0) is 30.2 Å². The fourth-order valence-electron chi connectivity index (χ4n) is 3.84. The highest BCUT2D eigenvalue weighted by Gasteiger charge is 2.49. The Bertz CT molecular complexity index is 744. The topological polar surface area (TPSA) is 77.9 Å². The summed E-state index contributed by atoms with van der Waals surface area (Å²) in [7, 11) is 0. The highest BCUT2D eigenvalue weighted by atomic mass is 16.6. The second kappa shape index (κ2) is 7.15. The van der Waals surface area contributed by atoms with Crippen LogP contribution in [-0.4, -0.2) is 46.8 Å². The van der Waals surface area contributed by atoms with Crippen molar-refractivity contribution in [3.05, 3.63) is 66.5 Å². The second-order valence-electron chi connectivity index (χ2n) is 6.75. The third kappa shape index (κ3) is 3.23. The summed E-state index contributed by atoms with van der Waals surface area (Å²) in [6.45, 7) is 2.09. The lowest BCUT2D eigenvalue weighted by Crippen LogP contribution is -2.47. The zero-order chi connectivity index (χ0) is 18.1. The first-order valence-electron chi connectivity index (χ1n) is 8.77. The van der Waals surface area contributed by atoms with Crippen LogP contribution in [0.15, 0.2) is 61.0 Å². The summed E-state index contributed by atoms with van der Waals surface area (Å²) >= 11 is 0. The molecular weight excluding hydrogens is 334 g/mol. The lowest BCUT2D eigenvalue weighted by atomic mass is 9.80. The van der Waals surface area contributed by atoms with E-state index in [9.17, 15) is 9.90 Å². The smallest absolute Gasteiger partial charge is 0.338 e. The number of hydrogen-bond acceptors (Lipinski definition) is 6. The van der Waals surface area contributed by atoms with Crippen LogP contribution in [0.2, 0.25) is 0 Å². The minimum Gasteiger partial charge on any atom is -0.452 e. The summed E-state index contributed by atoms with van der Waals surface area (Å²) in [5.74, 6) is -0.336. The number of allylic oxidation sites excluding steroid dienone is 2. The van der Waals surface area contributed by atoms with Crippen molar-refractivity contribution in [1.82, 2.24) is 4.98 Å². The van der Waals surface area contributed by atoms with Crippen LogP contribution in [-0.2, 0) is 14.2 Å². The van der Waals surface area contributed by atoms with Gasteiger partial charge in [0, 0.05) is 18.3 Å². The number of fused-ring (bicyclic) bond motifs is 2. The first kappa shape index (κ1) is 17.1. The summed E-state index contributed by atoms with van der Waals surface area (Å²) in [6, 6.07) is 3.21. The number of aromatic nitrogens is 1. The number of hydrogen-bond donors (Lipinski definition) is 1. The molecule has 6 nitrogen and oxygen atoms in total. The molecule has 1 saturated heterocycles. The van der Waals surface area contributed by atoms with E-state index in [-0.39, 0.29) is 24.0 Å². The van der Waals surface area contributed by atoms with Crippen molar-refractivity contribution in [1.29, 1.82) is 0 Å². The van der Waals surface area contributed by atoms with Gasteiger partial charge in [-0.3, -0.25) is 4.98 Å². The molecule has 3 aliphatic rings. The van der Waals surface area contributed by atoms with Gasteiger partial charge in [-0.2, -0.15) is 0 Å². The van der Waals surface area contributed by atoms with Crippen molar-refractivity contribution in [3.8, 4) is 0 Å². The Hall–Kier alpha value is -2.28. The van der Waals surface area contributed by atoms with E-state index in [1.165, 1.54) is 6.08 Å². The Balaban J connectivity index is 1.57. The summed E-state index contributed by atoms with van der Waals surface area (Å²) in [5, 5.41) is 9.96. The fourth-order valence-corrected chi connectivity index (χ4v) is 3.84. The standard InChI is InChI=1S/C20H21NO5/c1-12-14-4-2-3-5-15(24-14)18(12)19-16(6-7-17(22)26-19)25-20(23)13-8-10-21-11-9-13/h2-12,14-19,22H,1H3/t12?,14?,15?,16-,17?,18?,19?/m0/s1. The Morgan fingerprint density at radius 3 is 2.58 bits per heavy atom. The van der Waals surface area contributed by atoms with Gasteiger partial charge >= 0.3 is 5.97 Å². The van der Waals surface area contributed by atoms with Gasteiger partial charge < -0.3 is 19.3 Å². The van der Waals surface area contributed by atoms with Crippen molar-refractivity contribution >= 4 is 5.97 Å². The third-order valence-corrected chi connectivity index (χ3v) is 5.16. The molecule has 2 bridgehead atoms. The maximum Gasteiger partial charge on any atom is 0.338 e. The molecule has 0 amide bonds. The Kier molecular flexibility index (Phi) is 4.72. The molecule has 0 saturated carbocycles. The van der Waals surface area contributed by atoms with E-state index in [1.54, 1.807) is 30.6 Å². The number of aliphatic hydroxyl groups is 1. The number of carbonyl (C=O) groups excluding carboxylic acids is 1. The predicted octanol–water partition coefficient (Wildman–Crippen LogP) is 2.03. The Morgan fingerprint density at radius 1 is 1.08 bits per heavy atom. The van der Waals surface area contributed by atoms with E-state index in [0.717, 1.165) is 0 Å². The average Bonchev–Trinajstić information content (AvgIpc) is 2.82. The zero-order valence-electron chi connectivity index (χ0n) is 14.3. The van der Waals surface area contributed by atoms with Gasteiger partial charge in [0.05, 0.1) is 17.8 Å². The van der Waals surface area contributed by atoms with Gasteiger partial charge in [-0.15, -0.1) is 0 Å². The van der Waals surface area contributed by atoms with E-state index in [0.29, 0.717) is 5.56 Å². The van der Waals surface area contributed by atoms with Crippen LogP contribution in [0, 0.1) is 11.8 Å². The lowest BCUT2D eigenvalue weighted by molar-refractivity contribution is -0.168. The minimum absolute atomic E-state index is 0.0248. The van der Waals surface area contributed by atoms with Gasteiger partial charge in [-0.1, -0.05) is 31.2 Å². The minimum atomic E-state index is -1.02. The predicted molar refractivity (Wildman–Crippen MR) is 93.1 cm³/mol. The van der Waals surface area contributed by atoms with Gasteiger partial charge in [0.25, 0.3) is 0 Å². The molecule has 0 aliphatic carbocycles. The van der Waals surface area contributed by atoms with Crippen molar-refractivity contribution in [2.75, 3.05) is 0 Å². The van der Waals surface area contributed by atoms with Gasteiger partial charge in [0.2, 0.25) is 0 Å². The molecule has 1 aromatic heterocycles. The van der Waals surface area contributed by atoms with E-state index >= 15 is 0 Å². The molecule has 6 heteroatoms. The highest BCUT2D eigenvalue weighted by molar-refractivity contribution is 5.89. The number of ether oxygens (including phenoxy) is 3. The van der Waals surface area contributed by atoms with Gasteiger partial charge in [0.1, 0.15) is 12.2 Å². The van der Waals surface area contributed by atoms with Crippen molar-refractivity contribution in [2.45, 2.75) is 37.6 Å². The third-order valence-electron chi connectivity index (χ3n) is 5.16. The van der Waals surface area contributed by atoms with Gasteiger partial charge in [-0.25, -0.2) is 4.79 Å². The van der Waals surface area contributed by atoms with Crippen LogP contribution >= 0.6 is 0 Å². The van der Waals surface area contributed by atoms with E-state index in [1.807, 2.05) is 24.3 Å². The Labute approximate surface area is 151 Å². The van der Waals surface area contributed by atoms with Gasteiger partial charge in [0.15, 0.2) is 6.29 Å². The van der Waals surface area contributed by atoms with Crippen LogP contribution in [0.3, 0.4) is 0 Å². The second-order valence-corrected chi connectivity index (χ2v) is 6.75. The van der Waals surface area contributed by atoms with Crippen LogP contribution in [0.4, 0.5) is 0 Å². The van der Waals surface area contributed by atoms with Crippen LogP contribution in [0.5, 0.6) is 0 Å². The van der Waals surface area contributed by atoms with Crippen LogP contribution in [0.25, 0.3) is 0 Å². The monoisotopic (exact) mass is 355 g/mol. The molecule has 3 aliphatic heterocycles. The normalized spacial score (nSPS) is 38.2. The molecule has 26 heavy (non-hydrogen) atoms. The number of esters is 1. The van der Waals surface area contributed by atoms with Crippen LogP contribution < -0.4 is 0 Å². The summed E-state index contributed by atoms with van der Waals surface area (Å²) in [4.78, 5) is 16.4. The number of aliphatic hydroxyl groups excluding tert-OH is 1. The first-order valence-corrected chi connectivity index (χ1v) is 8.77. The quantitative estimate of drug-likeness (QED) is 0.660. The molecule has 6 unspecified atom stereocenters. The van der Waals surface area contributed by atoms with Crippen molar-refractivity contribution in [3.63, 3.8) is 0 Å². The first-order chi connectivity index (χ1) is 12.6. The molecular formula is C20H21NO5. The molecule has 4 heterocycles. The number of nitrogens with zero attached hydrogens (tertiary/aromatic N) is 1. The molecule has 0 spiro atoms. The number of carbonyl (C=O) groups is 1. The SMILES string of the molecule is CC1C2C=CC=CC(O2)C1C1OC(O)C=C[C@@H]1OC(=O)c1ccncc1. The van der Waals surface area contributed by atoms with E-state index in [4.69, 9.17) is 14.2 Å². The molecule has 4 rings (SSSR count). The average molecular weight is 355 g/mol. The highest BCUT2D eigenvalue weighted by Crippen LogP contribution is 2.41. The lowest BCUT2D eigenvalue weighted by Gasteiger charge is -2.36. The molecule has 1 fully saturated rings. The van der Waals surface area contributed by atoms with Crippen molar-refractivity contribution in [2.24, 2.45) is 11.8 Å². The fraction of sp³-hybridized carbons (Fsp3) is 0.400. The van der Waals surface area contributed by atoms with E-state index in [2.05, 4.69) is 11.9 Å². The zero-order valence-corrected chi connectivity index (χ0v) is 14.3. The maximum atomic E-state index is 12.5. The molecule has 1 aromatic rings. The molecule has 0 radical (unpaired) electrons. The largest absolute Gasteiger partial charge is 0.452 e. The van der Waals surface area contributed by atoms with Crippen LogP contribution in [0.1, 0.15) is 17.3 Å². The summed E-state index contributed by atoms with van der Waals surface area (Å²) < 4.78 is 17.5. The summed E-state index contributed by atoms with van der Waals surface area (Å²) in [6.07, 6.45) is 11.9. The van der Waals surface area contributed by atoms with E-state index < -0.39 is 24.5 Å². The molecule has 7 atom stereocenters. The summed E-state index contributed by atoms with van der Waals surface area (Å²) in [5.41, 5.74) is 0.423.